The summed E-state index contributed by atoms with van der Waals surface area (Å²) < 4.78 is 6.17. The van der Waals surface area contributed by atoms with E-state index >= 15 is 0 Å². The fraction of sp³-hybridized carbons (Fsp3) is 0.174. The van der Waals surface area contributed by atoms with Crippen LogP contribution in [0.3, 0.4) is 0 Å². The Morgan fingerprint density at radius 1 is 1.06 bits per heavy atom. The molecule has 158 valence electrons. The van der Waals surface area contributed by atoms with Crippen molar-refractivity contribution in [1.29, 1.82) is 0 Å². The van der Waals surface area contributed by atoms with Gasteiger partial charge in [-0.1, -0.05) is 48.5 Å². The average molecular weight is 420 g/mol. The van der Waals surface area contributed by atoms with E-state index in [9.17, 15) is 24.5 Å². The third-order valence-electron chi connectivity index (χ3n) is 4.72. The van der Waals surface area contributed by atoms with Gasteiger partial charge in [0.25, 0.3) is 0 Å². The highest BCUT2D eigenvalue weighted by molar-refractivity contribution is 6.04. The maximum Gasteiger partial charge on any atom is 0.338 e. The molecule has 0 N–H and O–H groups in total. The topological polar surface area (TPSA) is 109 Å². The van der Waals surface area contributed by atoms with Gasteiger partial charge < -0.3 is 4.74 Å². The quantitative estimate of drug-likeness (QED) is 0.250. The lowest BCUT2D eigenvalue weighted by atomic mass is 9.92. The first kappa shape index (κ1) is 21.6. The van der Waals surface area contributed by atoms with E-state index in [1.165, 1.54) is 10.6 Å². The number of pyridine rings is 1. The number of esters is 1. The summed E-state index contributed by atoms with van der Waals surface area (Å²) in [6.45, 7) is 2.69. The molecule has 0 radical (unpaired) electrons. The molecule has 0 fully saturated rings. The molecule has 2 aromatic carbocycles. The largest absolute Gasteiger partial charge is 0.465 e. The van der Waals surface area contributed by atoms with Gasteiger partial charge in [0.05, 0.1) is 22.8 Å². The van der Waals surface area contributed by atoms with E-state index in [2.05, 4.69) is 0 Å². The Kier molecular flexibility index (Phi) is 6.40. The number of nitro groups is 1. The van der Waals surface area contributed by atoms with Gasteiger partial charge in [-0.05, 0) is 37.6 Å². The Morgan fingerprint density at radius 2 is 1.65 bits per heavy atom. The molecule has 1 unspecified atom stereocenters. The Bertz CT molecular complexity index is 1190. The summed E-state index contributed by atoms with van der Waals surface area (Å²) in [7, 11) is 0. The van der Waals surface area contributed by atoms with Crippen LogP contribution in [-0.4, -0.2) is 27.8 Å². The third-order valence-corrected chi connectivity index (χ3v) is 4.72. The summed E-state index contributed by atoms with van der Waals surface area (Å²) in [5, 5.41) is 11.9. The van der Waals surface area contributed by atoms with Gasteiger partial charge in [0.2, 0.25) is 0 Å². The molecular weight excluding hydrogens is 400 g/mol. The van der Waals surface area contributed by atoms with Crippen LogP contribution in [0.2, 0.25) is 0 Å². The van der Waals surface area contributed by atoms with E-state index in [0.29, 0.717) is 16.9 Å². The van der Waals surface area contributed by atoms with E-state index < -0.39 is 33.8 Å². The highest BCUT2D eigenvalue weighted by atomic mass is 16.6. The second-order valence-corrected chi connectivity index (χ2v) is 6.73. The normalized spacial score (nSPS) is 11.5. The van der Waals surface area contributed by atoms with Crippen LogP contribution in [0, 0.1) is 10.1 Å². The first-order valence-electron chi connectivity index (χ1n) is 9.59. The number of carbonyl (C=O) groups excluding carboxylic acids is 2. The number of nitrogens with zero attached hydrogens (tertiary/aromatic N) is 2. The molecule has 3 rings (SSSR count). The summed E-state index contributed by atoms with van der Waals surface area (Å²) in [6.07, 6.45) is 0. The highest BCUT2D eigenvalue weighted by Gasteiger charge is 2.37. The molecule has 0 aliphatic carbocycles. The lowest BCUT2D eigenvalue weighted by Gasteiger charge is -2.18. The molecule has 0 spiro atoms. The van der Waals surface area contributed by atoms with E-state index in [4.69, 9.17) is 4.74 Å². The van der Waals surface area contributed by atoms with Crippen molar-refractivity contribution in [3.63, 3.8) is 0 Å². The molecule has 1 heterocycles. The molecule has 1 aromatic heterocycles. The molecule has 1 atom stereocenters. The van der Waals surface area contributed by atoms with Gasteiger partial charge in [0.15, 0.2) is 0 Å². The SMILES string of the molecule is CCOC(=O)C(C(C)=O)c1cc(-c2ccccc2)n(-c2ccccc2)c(=O)c1[N+](=O)[O-]. The van der Waals surface area contributed by atoms with Gasteiger partial charge in [0, 0.05) is 5.69 Å². The highest BCUT2D eigenvalue weighted by Crippen LogP contribution is 2.32. The van der Waals surface area contributed by atoms with Crippen molar-refractivity contribution in [1.82, 2.24) is 4.57 Å². The molecule has 0 aliphatic rings. The molecule has 0 amide bonds. The number of rotatable bonds is 7. The molecular formula is C23H20N2O6. The van der Waals surface area contributed by atoms with Crippen molar-refractivity contribution in [3.8, 4) is 16.9 Å². The smallest absolute Gasteiger partial charge is 0.338 e. The zero-order valence-electron chi connectivity index (χ0n) is 17.0. The number of hydrogen-bond donors (Lipinski definition) is 0. The second kappa shape index (κ2) is 9.17. The van der Waals surface area contributed by atoms with Crippen LogP contribution in [0.1, 0.15) is 25.3 Å². The van der Waals surface area contributed by atoms with Crippen LogP contribution in [0.25, 0.3) is 16.9 Å². The Labute approximate surface area is 177 Å². The summed E-state index contributed by atoms with van der Waals surface area (Å²) in [6, 6.07) is 18.6. The van der Waals surface area contributed by atoms with E-state index in [-0.39, 0.29) is 12.2 Å². The van der Waals surface area contributed by atoms with Crippen LogP contribution in [0.15, 0.2) is 71.5 Å². The van der Waals surface area contributed by atoms with Crippen molar-refractivity contribution >= 4 is 17.4 Å². The van der Waals surface area contributed by atoms with Gasteiger partial charge in [-0.25, -0.2) is 0 Å². The second-order valence-electron chi connectivity index (χ2n) is 6.73. The van der Waals surface area contributed by atoms with Gasteiger partial charge in [-0.3, -0.25) is 29.1 Å². The molecule has 8 nitrogen and oxygen atoms in total. The minimum atomic E-state index is -1.58. The molecule has 8 heteroatoms. The minimum Gasteiger partial charge on any atom is -0.465 e. The van der Waals surface area contributed by atoms with Gasteiger partial charge in [0.1, 0.15) is 11.7 Å². The molecule has 0 saturated carbocycles. The zero-order chi connectivity index (χ0) is 22.5. The molecule has 3 aromatic rings. The van der Waals surface area contributed by atoms with Crippen LogP contribution in [0.4, 0.5) is 5.69 Å². The van der Waals surface area contributed by atoms with Gasteiger partial charge >= 0.3 is 17.2 Å². The van der Waals surface area contributed by atoms with Gasteiger partial charge in [-0.15, -0.1) is 0 Å². The van der Waals surface area contributed by atoms with Crippen molar-refractivity contribution < 1.29 is 19.2 Å². The lowest BCUT2D eigenvalue weighted by Crippen LogP contribution is -2.29. The number of benzene rings is 2. The van der Waals surface area contributed by atoms with Crippen molar-refractivity contribution in [2.75, 3.05) is 6.61 Å². The number of Topliss-reactive ketones (excluding diaryl/α,β-unsaturated/α-hetero) is 1. The summed E-state index contributed by atoms with van der Waals surface area (Å²) in [5.74, 6) is -3.17. The van der Waals surface area contributed by atoms with Crippen molar-refractivity contribution in [2.45, 2.75) is 19.8 Å². The van der Waals surface area contributed by atoms with Crippen molar-refractivity contribution in [2.24, 2.45) is 0 Å². The van der Waals surface area contributed by atoms with E-state index in [1.54, 1.807) is 67.6 Å². The molecule has 0 saturated heterocycles. The van der Waals surface area contributed by atoms with Crippen LogP contribution in [0.5, 0.6) is 0 Å². The first-order chi connectivity index (χ1) is 14.9. The Hall–Kier alpha value is -4.07. The lowest BCUT2D eigenvalue weighted by molar-refractivity contribution is -0.387. The standard InChI is InChI=1S/C23H20N2O6/c1-3-31-23(28)20(15(2)26)18-14-19(16-10-6-4-7-11-16)24(17-12-8-5-9-13-17)22(27)21(18)25(29)30/h4-14,20H,3H2,1-2H3. The van der Waals surface area contributed by atoms with Gasteiger partial charge in [-0.2, -0.15) is 0 Å². The summed E-state index contributed by atoms with van der Waals surface area (Å²) in [5.41, 5.74) is -0.748. The molecule has 0 bridgehead atoms. The number of ether oxygens (including phenoxy) is 1. The first-order valence-corrected chi connectivity index (χ1v) is 9.59. The van der Waals surface area contributed by atoms with Crippen LogP contribution in [-0.2, 0) is 14.3 Å². The maximum atomic E-state index is 13.4. The number of carbonyl (C=O) groups is 2. The van der Waals surface area contributed by atoms with Crippen LogP contribution < -0.4 is 5.56 Å². The molecule has 31 heavy (non-hydrogen) atoms. The third kappa shape index (κ3) is 4.28. The number of aromatic nitrogens is 1. The maximum absolute atomic E-state index is 13.4. The Morgan fingerprint density at radius 3 is 2.16 bits per heavy atom. The van der Waals surface area contributed by atoms with Crippen molar-refractivity contribution in [3.05, 3.63) is 92.8 Å². The number of para-hydroxylation sites is 1. The summed E-state index contributed by atoms with van der Waals surface area (Å²) >= 11 is 0. The average Bonchev–Trinajstić information content (AvgIpc) is 2.74. The van der Waals surface area contributed by atoms with E-state index in [1.807, 2.05) is 0 Å². The number of ketones is 1. The predicted octanol–water partition coefficient (Wildman–Crippen LogP) is 3.65. The van der Waals surface area contributed by atoms with E-state index in [0.717, 1.165) is 6.92 Å². The fourth-order valence-electron chi connectivity index (χ4n) is 3.41. The van der Waals surface area contributed by atoms with Crippen LogP contribution >= 0.6 is 0 Å². The zero-order valence-corrected chi connectivity index (χ0v) is 17.0. The Balaban J connectivity index is 2.44. The molecule has 0 aliphatic heterocycles. The monoisotopic (exact) mass is 420 g/mol. The fourth-order valence-corrected chi connectivity index (χ4v) is 3.41. The minimum absolute atomic E-state index is 0.0109. The predicted molar refractivity (Wildman–Crippen MR) is 114 cm³/mol. The number of hydrogen-bond acceptors (Lipinski definition) is 6. The summed E-state index contributed by atoms with van der Waals surface area (Å²) in [4.78, 5) is 49.3.